The highest BCUT2D eigenvalue weighted by Gasteiger charge is 2.09. The molecule has 3 heterocycles. The number of amides is 1. The number of imidazole rings is 1. The van der Waals surface area contributed by atoms with Crippen molar-refractivity contribution in [2.24, 2.45) is 0 Å². The fourth-order valence-electron chi connectivity index (χ4n) is 2.86. The Morgan fingerprint density at radius 1 is 1.14 bits per heavy atom. The predicted octanol–water partition coefficient (Wildman–Crippen LogP) is 1.71. The molecule has 140 valence electrons. The number of carbonyl (C=O) groups excluding carboxylic acids is 1. The van der Waals surface area contributed by atoms with E-state index in [0.717, 1.165) is 5.82 Å². The van der Waals surface area contributed by atoms with Gasteiger partial charge in [0.2, 0.25) is 5.91 Å². The Labute approximate surface area is 159 Å². The van der Waals surface area contributed by atoms with Crippen LogP contribution in [0.5, 0.6) is 0 Å². The number of hydrogen-bond donors (Lipinski definition) is 1. The van der Waals surface area contributed by atoms with Gasteiger partial charge in [0.25, 0.3) is 5.56 Å². The summed E-state index contributed by atoms with van der Waals surface area (Å²) >= 11 is 0. The van der Waals surface area contributed by atoms with Gasteiger partial charge in [0.05, 0.1) is 17.2 Å². The second-order valence-corrected chi connectivity index (χ2v) is 6.16. The van der Waals surface area contributed by atoms with Crippen molar-refractivity contribution < 1.29 is 4.79 Å². The van der Waals surface area contributed by atoms with Crippen LogP contribution in [-0.4, -0.2) is 35.0 Å². The van der Waals surface area contributed by atoms with Crippen molar-refractivity contribution in [1.29, 1.82) is 0 Å². The zero-order valence-corrected chi connectivity index (χ0v) is 15.1. The lowest BCUT2D eigenvalue weighted by atomic mass is 10.2. The number of rotatable bonds is 5. The van der Waals surface area contributed by atoms with Crippen molar-refractivity contribution in [2.45, 2.75) is 19.9 Å². The van der Waals surface area contributed by atoms with Crippen molar-refractivity contribution in [1.82, 2.24) is 29.1 Å². The topological polar surface area (TPSA) is 108 Å². The number of fused-ring (bicyclic) bond motifs is 1. The smallest absolute Gasteiger partial charge is 0.261 e. The minimum absolute atomic E-state index is 0.114. The van der Waals surface area contributed by atoms with Crippen LogP contribution in [0.25, 0.3) is 16.7 Å². The molecule has 9 heteroatoms. The number of nitrogens with zero attached hydrogens (tertiary/aromatic N) is 6. The van der Waals surface area contributed by atoms with Crippen LogP contribution in [0, 0.1) is 6.92 Å². The van der Waals surface area contributed by atoms with Gasteiger partial charge >= 0.3 is 0 Å². The van der Waals surface area contributed by atoms with Crippen LogP contribution in [0.3, 0.4) is 0 Å². The molecule has 0 atom stereocenters. The molecule has 0 aliphatic carbocycles. The molecule has 9 nitrogen and oxygen atoms in total. The van der Waals surface area contributed by atoms with Gasteiger partial charge < -0.3 is 5.32 Å². The predicted molar refractivity (Wildman–Crippen MR) is 103 cm³/mol. The lowest BCUT2D eigenvalue weighted by Gasteiger charge is -2.09. The summed E-state index contributed by atoms with van der Waals surface area (Å²) in [5.41, 5.74) is 0.467. The third-order valence-electron chi connectivity index (χ3n) is 4.30. The average Bonchev–Trinajstić information content (AvgIpc) is 3.14. The molecule has 0 aliphatic heterocycles. The third-order valence-corrected chi connectivity index (χ3v) is 4.30. The summed E-state index contributed by atoms with van der Waals surface area (Å²) in [7, 11) is 0. The minimum Gasteiger partial charge on any atom is -0.310 e. The maximum Gasteiger partial charge on any atom is 0.261 e. The second kappa shape index (κ2) is 7.39. The Hall–Kier alpha value is -3.88. The van der Waals surface area contributed by atoms with Gasteiger partial charge in [-0.3, -0.25) is 18.7 Å². The van der Waals surface area contributed by atoms with Crippen LogP contribution in [0.1, 0.15) is 12.2 Å². The maximum absolute atomic E-state index is 12.5. The molecule has 1 aromatic carbocycles. The van der Waals surface area contributed by atoms with E-state index in [9.17, 15) is 9.59 Å². The molecule has 0 radical (unpaired) electrons. The molecule has 1 N–H and O–H groups in total. The summed E-state index contributed by atoms with van der Waals surface area (Å²) in [4.78, 5) is 41.4. The van der Waals surface area contributed by atoms with Crippen molar-refractivity contribution in [2.75, 3.05) is 5.32 Å². The summed E-state index contributed by atoms with van der Waals surface area (Å²) in [5.74, 6) is 1.51. The van der Waals surface area contributed by atoms with Gasteiger partial charge in [0.1, 0.15) is 23.8 Å². The number of aromatic nitrogens is 6. The fourth-order valence-corrected chi connectivity index (χ4v) is 2.86. The van der Waals surface area contributed by atoms with Gasteiger partial charge in [-0.05, 0) is 19.1 Å². The van der Waals surface area contributed by atoms with E-state index in [1.165, 1.54) is 17.2 Å². The zero-order chi connectivity index (χ0) is 19.5. The number of hydrogen-bond acceptors (Lipinski definition) is 6. The van der Waals surface area contributed by atoms with Crippen LogP contribution in [-0.2, 0) is 11.3 Å². The molecule has 1 amide bonds. The largest absolute Gasteiger partial charge is 0.310 e. The number of nitrogens with one attached hydrogen (secondary N) is 1. The maximum atomic E-state index is 12.5. The molecule has 0 aliphatic rings. The van der Waals surface area contributed by atoms with Gasteiger partial charge in [0.15, 0.2) is 0 Å². The number of para-hydroxylation sites is 1. The number of benzene rings is 1. The molecule has 0 bridgehead atoms. The standard InChI is InChI=1S/C19H17N7O2/c1-13-20-7-9-26(13)17-10-16(21-11-22-17)24-18(27)6-8-25-12-23-15-5-3-2-4-14(15)19(25)28/h2-5,7,9-12H,6,8H2,1H3,(H,21,22,24,27). The minimum atomic E-state index is -0.257. The molecule has 0 fully saturated rings. The first-order valence-electron chi connectivity index (χ1n) is 8.68. The highest BCUT2D eigenvalue weighted by atomic mass is 16.2. The van der Waals surface area contributed by atoms with E-state index in [1.54, 1.807) is 41.2 Å². The van der Waals surface area contributed by atoms with E-state index in [4.69, 9.17) is 0 Å². The van der Waals surface area contributed by atoms with E-state index < -0.39 is 0 Å². The Bertz CT molecular complexity index is 1210. The fraction of sp³-hybridized carbons (Fsp3) is 0.158. The number of carbonyl (C=O) groups is 1. The van der Waals surface area contributed by atoms with Crippen LogP contribution in [0.15, 0.2) is 60.2 Å². The summed E-state index contributed by atoms with van der Waals surface area (Å²) < 4.78 is 3.22. The molecule has 0 saturated heterocycles. The van der Waals surface area contributed by atoms with Crippen molar-refractivity contribution >= 4 is 22.6 Å². The van der Waals surface area contributed by atoms with E-state index in [1.807, 2.05) is 13.0 Å². The van der Waals surface area contributed by atoms with Crippen molar-refractivity contribution in [3.63, 3.8) is 0 Å². The Kier molecular flexibility index (Phi) is 4.63. The SMILES string of the molecule is Cc1nccn1-c1cc(NC(=O)CCn2cnc3ccccc3c2=O)ncn1. The van der Waals surface area contributed by atoms with Crippen LogP contribution >= 0.6 is 0 Å². The van der Waals surface area contributed by atoms with Gasteiger partial charge in [-0.15, -0.1) is 0 Å². The number of anilines is 1. The van der Waals surface area contributed by atoms with Crippen LogP contribution in [0.4, 0.5) is 5.82 Å². The molecule has 4 rings (SSSR count). The van der Waals surface area contributed by atoms with E-state index in [0.29, 0.717) is 22.5 Å². The van der Waals surface area contributed by atoms with Crippen molar-refractivity contribution in [3.05, 3.63) is 71.6 Å². The molecule has 0 unspecified atom stereocenters. The van der Waals surface area contributed by atoms with Gasteiger partial charge in [-0.25, -0.2) is 19.9 Å². The number of aryl methyl sites for hydroxylation is 2. The van der Waals surface area contributed by atoms with Gasteiger partial charge in [-0.2, -0.15) is 0 Å². The first-order valence-corrected chi connectivity index (χ1v) is 8.68. The summed E-state index contributed by atoms with van der Waals surface area (Å²) in [6.07, 6.45) is 6.40. The molecule has 4 aromatic rings. The summed E-state index contributed by atoms with van der Waals surface area (Å²) in [6, 6.07) is 8.78. The molecular formula is C19H17N7O2. The summed E-state index contributed by atoms with van der Waals surface area (Å²) in [6.45, 7) is 2.08. The Morgan fingerprint density at radius 3 is 2.82 bits per heavy atom. The van der Waals surface area contributed by atoms with E-state index >= 15 is 0 Å². The molecule has 0 spiro atoms. The summed E-state index contributed by atoms with van der Waals surface area (Å²) in [5, 5.41) is 3.26. The van der Waals surface area contributed by atoms with Crippen LogP contribution < -0.4 is 10.9 Å². The molecule has 28 heavy (non-hydrogen) atoms. The first kappa shape index (κ1) is 17.5. The van der Waals surface area contributed by atoms with Gasteiger partial charge in [0, 0.05) is 31.4 Å². The van der Waals surface area contributed by atoms with E-state index in [2.05, 4.69) is 25.3 Å². The lowest BCUT2D eigenvalue weighted by Crippen LogP contribution is -2.23. The normalized spacial score (nSPS) is 10.9. The van der Waals surface area contributed by atoms with Crippen molar-refractivity contribution in [3.8, 4) is 5.82 Å². The quantitative estimate of drug-likeness (QED) is 0.569. The highest BCUT2D eigenvalue weighted by molar-refractivity contribution is 5.89. The highest BCUT2D eigenvalue weighted by Crippen LogP contribution is 2.11. The Balaban J connectivity index is 1.45. The second-order valence-electron chi connectivity index (χ2n) is 6.16. The van der Waals surface area contributed by atoms with Gasteiger partial charge in [-0.1, -0.05) is 12.1 Å². The van der Waals surface area contributed by atoms with E-state index in [-0.39, 0.29) is 24.4 Å². The molecular weight excluding hydrogens is 358 g/mol. The molecule has 0 saturated carbocycles. The third kappa shape index (κ3) is 3.50. The lowest BCUT2D eigenvalue weighted by molar-refractivity contribution is -0.116. The average molecular weight is 375 g/mol. The van der Waals surface area contributed by atoms with Crippen LogP contribution in [0.2, 0.25) is 0 Å². The Morgan fingerprint density at radius 2 is 2.00 bits per heavy atom. The molecule has 3 aromatic heterocycles. The monoisotopic (exact) mass is 375 g/mol. The first-order chi connectivity index (χ1) is 13.6. The zero-order valence-electron chi connectivity index (χ0n) is 15.1.